The molecule has 1 aliphatic heterocycles. The number of carbonyl (C=O) groups excluding carboxylic acids is 2. The van der Waals surface area contributed by atoms with Crippen molar-refractivity contribution in [2.24, 2.45) is 0 Å². The first-order chi connectivity index (χ1) is 11.1. The summed E-state index contributed by atoms with van der Waals surface area (Å²) >= 11 is 0. The van der Waals surface area contributed by atoms with Crippen LogP contribution in [0.1, 0.15) is 21.7 Å². The van der Waals surface area contributed by atoms with Crippen LogP contribution in [0.4, 0.5) is 13.2 Å². The highest BCUT2D eigenvalue weighted by Gasteiger charge is 2.35. The summed E-state index contributed by atoms with van der Waals surface area (Å²) in [6.45, 7) is 2.43. The first kappa shape index (κ1) is 18.2. The smallest absolute Gasteiger partial charge is 0.358 e. The van der Waals surface area contributed by atoms with Crippen LogP contribution in [0.2, 0.25) is 0 Å². The van der Waals surface area contributed by atoms with E-state index in [2.05, 4.69) is 10.3 Å². The van der Waals surface area contributed by atoms with Crippen molar-refractivity contribution in [1.29, 1.82) is 0 Å². The molecule has 0 bridgehead atoms. The Labute approximate surface area is 137 Å². The van der Waals surface area contributed by atoms with Gasteiger partial charge in [-0.05, 0) is 26.1 Å². The monoisotopic (exact) mass is 344 g/mol. The van der Waals surface area contributed by atoms with Gasteiger partial charge in [0.2, 0.25) is 5.91 Å². The molecule has 1 fully saturated rings. The van der Waals surface area contributed by atoms with Gasteiger partial charge >= 0.3 is 6.18 Å². The molecule has 1 atom stereocenters. The Morgan fingerprint density at radius 3 is 2.50 bits per heavy atom. The number of amides is 2. The van der Waals surface area contributed by atoms with E-state index >= 15 is 0 Å². The molecule has 1 saturated heterocycles. The maximum atomic E-state index is 12.7. The van der Waals surface area contributed by atoms with Gasteiger partial charge in [0.05, 0.1) is 11.3 Å². The van der Waals surface area contributed by atoms with Crippen molar-refractivity contribution in [1.82, 2.24) is 20.1 Å². The molecule has 132 valence electrons. The van der Waals surface area contributed by atoms with Crippen LogP contribution in [0.25, 0.3) is 0 Å². The fraction of sp³-hybridized carbons (Fsp3) is 0.533. The molecule has 1 aromatic rings. The molecule has 1 N–H and O–H groups in total. The number of pyridine rings is 1. The maximum Gasteiger partial charge on any atom is 0.433 e. The van der Waals surface area contributed by atoms with Gasteiger partial charge in [-0.3, -0.25) is 14.5 Å². The van der Waals surface area contributed by atoms with Gasteiger partial charge in [0.15, 0.2) is 0 Å². The molecule has 0 aliphatic carbocycles. The number of nitrogens with one attached hydrogen (secondary N) is 1. The largest absolute Gasteiger partial charge is 0.433 e. The third-order valence-corrected chi connectivity index (χ3v) is 4.09. The van der Waals surface area contributed by atoms with Gasteiger partial charge in [0.1, 0.15) is 11.7 Å². The molecular weight excluding hydrogens is 325 g/mol. The first-order valence-electron chi connectivity index (χ1n) is 7.41. The summed E-state index contributed by atoms with van der Waals surface area (Å²) in [6.07, 6.45) is -4.55. The number of alkyl halides is 3. The molecular formula is C15H19F3N4O2. The minimum Gasteiger partial charge on any atom is -0.358 e. The van der Waals surface area contributed by atoms with Crippen molar-refractivity contribution in [3.05, 3.63) is 29.1 Å². The Morgan fingerprint density at radius 2 is 1.96 bits per heavy atom. The predicted molar refractivity (Wildman–Crippen MR) is 80.4 cm³/mol. The second kappa shape index (κ2) is 6.76. The second-order valence-electron chi connectivity index (χ2n) is 5.69. The molecule has 2 rings (SSSR count). The Kier molecular flexibility index (Phi) is 5.12. The molecule has 0 unspecified atom stereocenters. The Bertz CT molecular complexity index is 648. The van der Waals surface area contributed by atoms with Crippen molar-refractivity contribution >= 4 is 11.8 Å². The topological polar surface area (TPSA) is 65.5 Å². The molecule has 1 aliphatic rings. The van der Waals surface area contributed by atoms with Crippen LogP contribution in [0, 0.1) is 6.92 Å². The van der Waals surface area contributed by atoms with Gasteiger partial charge in [-0.25, -0.2) is 4.98 Å². The highest BCUT2D eigenvalue weighted by atomic mass is 19.4. The number of aryl methyl sites for hydroxylation is 1. The van der Waals surface area contributed by atoms with Crippen molar-refractivity contribution in [3.8, 4) is 0 Å². The standard InChI is InChI=1S/C15H19F3N4O2/c1-9-10(4-5-12(20-9)15(16,17)18)14(24)22-7-6-21(3)11(8-22)13(23)19-2/h4-5,11H,6-8H2,1-3H3,(H,19,23)/t11-/m0/s1. The SMILES string of the molecule is CNC(=O)[C@@H]1CN(C(=O)c2ccc(C(F)(F)F)nc2C)CCN1C. The van der Waals surface area contributed by atoms with Crippen molar-refractivity contribution in [2.75, 3.05) is 33.7 Å². The molecule has 1 aromatic heterocycles. The molecule has 0 aromatic carbocycles. The predicted octanol–water partition coefficient (Wildman–Crippen LogP) is 0.911. The van der Waals surface area contributed by atoms with E-state index in [4.69, 9.17) is 0 Å². The summed E-state index contributed by atoms with van der Waals surface area (Å²) in [5.74, 6) is -0.631. The van der Waals surface area contributed by atoms with Crippen LogP contribution in [0.3, 0.4) is 0 Å². The fourth-order valence-electron chi connectivity index (χ4n) is 2.62. The lowest BCUT2D eigenvalue weighted by molar-refractivity contribution is -0.141. The number of hydrogen-bond donors (Lipinski definition) is 1. The number of hydrogen-bond acceptors (Lipinski definition) is 4. The molecule has 0 radical (unpaired) electrons. The number of carbonyl (C=O) groups is 2. The fourth-order valence-corrected chi connectivity index (χ4v) is 2.62. The molecule has 9 heteroatoms. The van der Waals surface area contributed by atoms with Gasteiger partial charge in [0.25, 0.3) is 5.91 Å². The van der Waals surface area contributed by atoms with Crippen LogP contribution in [-0.2, 0) is 11.0 Å². The number of rotatable bonds is 2. The summed E-state index contributed by atoms with van der Waals surface area (Å²) in [4.78, 5) is 31.3. The Hall–Kier alpha value is -2.16. The van der Waals surface area contributed by atoms with Crippen LogP contribution in [-0.4, -0.2) is 66.4 Å². The number of likely N-dealkylation sites (N-methyl/N-ethyl adjacent to an activating group) is 2. The zero-order chi connectivity index (χ0) is 18.1. The van der Waals surface area contributed by atoms with E-state index in [-0.39, 0.29) is 23.7 Å². The van der Waals surface area contributed by atoms with E-state index in [0.717, 1.165) is 12.1 Å². The summed E-state index contributed by atoms with van der Waals surface area (Å²) in [5, 5.41) is 2.54. The van der Waals surface area contributed by atoms with E-state index in [1.54, 1.807) is 7.05 Å². The molecule has 2 heterocycles. The zero-order valence-electron chi connectivity index (χ0n) is 13.6. The minimum absolute atomic E-state index is 0.0187. The normalized spacial score (nSPS) is 19.2. The van der Waals surface area contributed by atoms with Crippen LogP contribution >= 0.6 is 0 Å². The Morgan fingerprint density at radius 1 is 1.29 bits per heavy atom. The second-order valence-corrected chi connectivity index (χ2v) is 5.69. The molecule has 24 heavy (non-hydrogen) atoms. The summed E-state index contributed by atoms with van der Waals surface area (Å²) in [5.41, 5.74) is -0.897. The third-order valence-electron chi connectivity index (χ3n) is 4.09. The van der Waals surface area contributed by atoms with Gasteiger partial charge in [-0.1, -0.05) is 0 Å². The van der Waals surface area contributed by atoms with Gasteiger partial charge in [-0.2, -0.15) is 13.2 Å². The summed E-state index contributed by atoms with van der Waals surface area (Å²) < 4.78 is 38.0. The Balaban J connectivity index is 2.21. The quantitative estimate of drug-likeness (QED) is 0.866. The van der Waals surface area contributed by atoms with Crippen molar-refractivity contribution in [3.63, 3.8) is 0 Å². The lowest BCUT2D eigenvalue weighted by Crippen LogP contribution is -2.58. The average molecular weight is 344 g/mol. The highest BCUT2D eigenvalue weighted by molar-refractivity contribution is 5.96. The first-order valence-corrected chi connectivity index (χ1v) is 7.41. The average Bonchev–Trinajstić information content (AvgIpc) is 2.53. The van der Waals surface area contributed by atoms with E-state index in [9.17, 15) is 22.8 Å². The minimum atomic E-state index is -4.55. The molecule has 0 spiro atoms. The van der Waals surface area contributed by atoms with E-state index in [1.165, 1.54) is 18.9 Å². The zero-order valence-corrected chi connectivity index (χ0v) is 13.6. The lowest BCUT2D eigenvalue weighted by atomic mass is 10.1. The van der Waals surface area contributed by atoms with Gasteiger partial charge in [0, 0.05) is 26.7 Å². The van der Waals surface area contributed by atoms with Crippen LogP contribution in [0.5, 0.6) is 0 Å². The number of nitrogens with zero attached hydrogens (tertiary/aromatic N) is 3. The molecule has 0 saturated carbocycles. The summed E-state index contributed by atoms with van der Waals surface area (Å²) in [6, 6.07) is 1.45. The molecule has 6 nitrogen and oxygen atoms in total. The van der Waals surface area contributed by atoms with Gasteiger partial charge < -0.3 is 10.2 Å². The highest BCUT2D eigenvalue weighted by Crippen LogP contribution is 2.28. The van der Waals surface area contributed by atoms with E-state index in [1.807, 2.05) is 4.90 Å². The lowest BCUT2D eigenvalue weighted by Gasteiger charge is -2.38. The number of aromatic nitrogens is 1. The number of halogens is 3. The van der Waals surface area contributed by atoms with Crippen molar-refractivity contribution < 1.29 is 22.8 Å². The summed E-state index contributed by atoms with van der Waals surface area (Å²) in [7, 11) is 3.30. The van der Waals surface area contributed by atoms with Crippen molar-refractivity contribution in [2.45, 2.75) is 19.1 Å². The van der Waals surface area contributed by atoms with Crippen LogP contribution < -0.4 is 5.32 Å². The third kappa shape index (κ3) is 3.66. The number of piperazine rings is 1. The molecule has 2 amide bonds. The van der Waals surface area contributed by atoms with E-state index < -0.39 is 23.8 Å². The maximum absolute atomic E-state index is 12.7. The van der Waals surface area contributed by atoms with E-state index in [0.29, 0.717) is 13.1 Å². The van der Waals surface area contributed by atoms with Crippen LogP contribution in [0.15, 0.2) is 12.1 Å². The van der Waals surface area contributed by atoms with Gasteiger partial charge in [-0.15, -0.1) is 0 Å².